The first-order valence-electron chi connectivity index (χ1n) is 4.00. The fourth-order valence-corrected chi connectivity index (χ4v) is 2.97. The molecule has 0 aromatic heterocycles. The van der Waals surface area contributed by atoms with Crippen molar-refractivity contribution in [1.29, 1.82) is 0 Å². The Kier molecular flexibility index (Phi) is 2.75. The van der Waals surface area contributed by atoms with Crippen LogP contribution in [0.15, 0.2) is 0 Å². The predicted octanol–water partition coefficient (Wildman–Crippen LogP) is 1.18. The molecule has 1 aliphatic rings. The number of terminal acetylenes is 1. The second-order valence-electron chi connectivity index (χ2n) is 3.28. The van der Waals surface area contributed by atoms with Crippen molar-refractivity contribution in [3.63, 3.8) is 0 Å². The predicted molar refractivity (Wildman–Crippen MR) is 49.9 cm³/mol. The molecule has 3 atom stereocenters. The summed E-state index contributed by atoms with van der Waals surface area (Å²) in [5.74, 6) is 2.65. The number of rotatable bonds is 0. The molecule has 0 aromatic carbocycles. The van der Waals surface area contributed by atoms with Crippen LogP contribution in [-0.4, -0.2) is 23.8 Å². The second-order valence-corrected chi connectivity index (χ2v) is 5.55. The van der Waals surface area contributed by atoms with Gasteiger partial charge < -0.3 is 0 Å². The van der Waals surface area contributed by atoms with E-state index in [9.17, 15) is 4.89 Å². The molecule has 0 saturated carbocycles. The van der Waals surface area contributed by atoms with Crippen LogP contribution in [0.2, 0.25) is 0 Å². The molecule has 1 N–H and O–H groups in total. The summed E-state index contributed by atoms with van der Waals surface area (Å²) in [7, 11) is -2.92. The zero-order valence-electron chi connectivity index (χ0n) is 7.57. The van der Waals surface area contributed by atoms with E-state index in [0.717, 1.165) is 0 Å². The Morgan fingerprint density at radius 2 is 2.00 bits per heavy atom. The molecule has 1 rings (SSSR count). The van der Waals surface area contributed by atoms with Crippen molar-refractivity contribution in [2.24, 2.45) is 5.92 Å². The zero-order chi connectivity index (χ0) is 9.35. The topological polar surface area (TPSA) is 38.7 Å². The molecule has 0 amide bonds. The maximum absolute atomic E-state index is 9.56. The third-order valence-electron chi connectivity index (χ3n) is 2.13. The molecule has 3 unspecified atom stereocenters. The van der Waals surface area contributed by atoms with Crippen LogP contribution >= 0.6 is 7.94 Å². The molecule has 0 aliphatic carbocycles. The fourth-order valence-electron chi connectivity index (χ4n) is 1.25. The fraction of sp³-hybridized carbons (Fsp3) is 0.750. The van der Waals surface area contributed by atoms with Crippen LogP contribution < -0.4 is 0 Å². The van der Waals surface area contributed by atoms with Gasteiger partial charge in [0.15, 0.2) is 0 Å². The van der Waals surface area contributed by atoms with Crippen LogP contribution in [-0.2, 0) is 9.05 Å². The normalized spacial score (nSPS) is 43.1. The average molecular weight is 190 g/mol. The van der Waals surface area contributed by atoms with Gasteiger partial charge in [0.2, 0.25) is 0 Å². The van der Waals surface area contributed by atoms with Gasteiger partial charge in [0.25, 0.3) is 0 Å². The summed E-state index contributed by atoms with van der Waals surface area (Å²) < 4.78 is 10.5. The molecular formula is C8H15O3P. The molecule has 1 aliphatic heterocycles. The first-order chi connectivity index (χ1) is 5.46. The van der Waals surface area contributed by atoms with Gasteiger partial charge in [-0.05, 0) is 0 Å². The Morgan fingerprint density at radius 1 is 1.42 bits per heavy atom. The first kappa shape index (κ1) is 9.95. The van der Waals surface area contributed by atoms with E-state index < -0.39 is 7.94 Å². The van der Waals surface area contributed by atoms with Gasteiger partial charge in [-0.1, -0.05) is 0 Å². The molecule has 1 fully saturated rings. The van der Waals surface area contributed by atoms with E-state index in [0.29, 0.717) is 0 Å². The average Bonchev–Trinajstić information content (AvgIpc) is 1.96. The van der Waals surface area contributed by atoms with Crippen molar-refractivity contribution >= 4 is 7.94 Å². The van der Waals surface area contributed by atoms with Crippen molar-refractivity contribution in [2.45, 2.75) is 26.1 Å². The van der Waals surface area contributed by atoms with E-state index in [1.165, 1.54) is 0 Å². The third kappa shape index (κ3) is 1.97. The molecule has 12 heavy (non-hydrogen) atoms. The Hall–Kier alpha value is -0.130. The third-order valence-corrected chi connectivity index (χ3v) is 3.63. The molecule has 1 saturated heterocycles. The molecule has 0 radical (unpaired) electrons. The van der Waals surface area contributed by atoms with Crippen LogP contribution in [0.3, 0.4) is 0 Å². The monoisotopic (exact) mass is 190 g/mol. The SMILES string of the molecule is C#CC1O[PH](C)(O)OC(C)C1C. The Morgan fingerprint density at radius 3 is 2.50 bits per heavy atom. The van der Waals surface area contributed by atoms with Gasteiger partial charge >= 0.3 is 72.9 Å². The zero-order valence-corrected chi connectivity index (χ0v) is 8.57. The molecule has 3 nitrogen and oxygen atoms in total. The van der Waals surface area contributed by atoms with Gasteiger partial charge in [0, 0.05) is 0 Å². The van der Waals surface area contributed by atoms with E-state index >= 15 is 0 Å². The molecular weight excluding hydrogens is 175 g/mol. The van der Waals surface area contributed by atoms with Gasteiger partial charge in [-0.2, -0.15) is 0 Å². The van der Waals surface area contributed by atoms with Crippen molar-refractivity contribution in [1.82, 2.24) is 0 Å². The van der Waals surface area contributed by atoms with Crippen LogP contribution in [0.5, 0.6) is 0 Å². The first-order valence-corrected chi connectivity index (χ1v) is 6.27. The van der Waals surface area contributed by atoms with Crippen LogP contribution in [0.4, 0.5) is 0 Å². The summed E-state index contributed by atoms with van der Waals surface area (Å²) in [4.78, 5) is 9.56. The summed E-state index contributed by atoms with van der Waals surface area (Å²) in [6.45, 7) is 5.44. The summed E-state index contributed by atoms with van der Waals surface area (Å²) >= 11 is 0. The van der Waals surface area contributed by atoms with Crippen molar-refractivity contribution in [3.8, 4) is 12.3 Å². The van der Waals surface area contributed by atoms with Crippen LogP contribution in [0, 0.1) is 18.3 Å². The van der Waals surface area contributed by atoms with Gasteiger partial charge in [-0.3, -0.25) is 0 Å². The molecule has 4 heteroatoms. The standard InChI is InChI=1S/C8H15O3P/c1-5-8-6(2)7(3)10-12(4,9)11-8/h1,6-9,12H,2-4H3. The van der Waals surface area contributed by atoms with Gasteiger partial charge in [0.05, 0.1) is 0 Å². The molecule has 0 bridgehead atoms. The summed E-state index contributed by atoms with van der Waals surface area (Å²) in [6.07, 6.45) is 4.92. The molecule has 0 aromatic rings. The minimum absolute atomic E-state index is 0.0264. The number of hydrogen-bond donors (Lipinski definition) is 1. The van der Waals surface area contributed by atoms with Crippen molar-refractivity contribution < 1.29 is 13.9 Å². The molecule has 70 valence electrons. The van der Waals surface area contributed by atoms with Gasteiger partial charge in [0.1, 0.15) is 0 Å². The van der Waals surface area contributed by atoms with Crippen LogP contribution in [0.25, 0.3) is 0 Å². The van der Waals surface area contributed by atoms with Crippen molar-refractivity contribution in [3.05, 3.63) is 0 Å². The van der Waals surface area contributed by atoms with E-state index in [1.807, 2.05) is 13.8 Å². The summed E-state index contributed by atoms with van der Waals surface area (Å²) in [5, 5.41) is 0. The summed E-state index contributed by atoms with van der Waals surface area (Å²) in [5.41, 5.74) is 0. The second kappa shape index (κ2) is 3.32. The maximum atomic E-state index is 9.56. The van der Waals surface area contributed by atoms with Crippen molar-refractivity contribution in [2.75, 3.05) is 6.66 Å². The van der Waals surface area contributed by atoms with Gasteiger partial charge in [-0.25, -0.2) is 0 Å². The van der Waals surface area contributed by atoms with E-state index in [2.05, 4.69) is 5.92 Å². The Labute approximate surface area is 73.7 Å². The molecule has 0 spiro atoms. The van der Waals surface area contributed by atoms with E-state index in [4.69, 9.17) is 15.5 Å². The van der Waals surface area contributed by atoms with E-state index in [-0.39, 0.29) is 18.1 Å². The number of hydrogen-bond acceptors (Lipinski definition) is 3. The Bertz CT molecular complexity index is 209. The van der Waals surface area contributed by atoms with Gasteiger partial charge in [-0.15, -0.1) is 0 Å². The summed E-state index contributed by atoms with van der Waals surface area (Å²) in [6, 6.07) is 0. The van der Waals surface area contributed by atoms with E-state index in [1.54, 1.807) is 6.66 Å². The molecule has 1 heterocycles. The van der Waals surface area contributed by atoms with Crippen LogP contribution in [0.1, 0.15) is 13.8 Å². The quantitative estimate of drug-likeness (QED) is 0.460. The Balaban J connectivity index is 2.73. The minimum atomic E-state index is -2.92.